The third-order valence-electron chi connectivity index (χ3n) is 5.26. The lowest BCUT2D eigenvalue weighted by atomic mass is 9.95. The van der Waals surface area contributed by atoms with Crippen molar-refractivity contribution >= 4 is 23.2 Å². The number of benzene rings is 2. The van der Waals surface area contributed by atoms with Crippen molar-refractivity contribution in [1.29, 1.82) is 0 Å². The molecular weight excluding hydrogens is 390 g/mol. The molecule has 2 aromatic carbocycles. The number of nitrogens with one attached hydrogen (secondary N) is 3. The van der Waals surface area contributed by atoms with Gasteiger partial charge in [0.05, 0.1) is 13.2 Å². The Morgan fingerprint density at radius 1 is 0.935 bits per heavy atom. The maximum absolute atomic E-state index is 12.4. The van der Waals surface area contributed by atoms with Crippen LogP contribution in [0.4, 0.5) is 11.4 Å². The number of ether oxygens (including phenoxy) is 1. The molecule has 3 N–H and O–H groups in total. The van der Waals surface area contributed by atoms with Crippen LogP contribution >= 0.6 is 0 Å². The molecule has 0 aliphatic heterocycles. The van der Waals surface area contributed by atoms with Gasteiger partial charge in [0, 0.05) is 23.0 Å². The zero-order valence-electron chi connectivity index (χ0n) is 18.4. The molecule has 0 heterocycles. The summed E-state index contributed by atoms with van der Waals surface area (Å²) in [5.41, 5.74) is 2.15. The second kappa shape index (κ2) is 11.4. The fourth-order valence-electron chi connectivity index (χ4n) is 3.54. The van der Waals surface area contributed by atoms with E-state index in [1.807, 2.05) is 36.4 Å². The first-order valence-electron chi connectivity index (χ1n) is 11.2. The Hall–Kier alpha value is -3.02. The SMILES string of the molecule is CC(C)COc1ccc(NC(=O)CNc2ccc(C(=O)NC3CCCCC3)cc2)cc1. The van der Waals surface area contributed by atoms with E-state index in [1.54, 1.807) is 12.1 Å². The highest BCUT2D eigenvalue weighted by atomic mass is 16.5. The van der Waals surface area contributed by atoms with Crippen LogP contribution in [-0.2, 0) is 4.79 Å². The minimum Gasteiger partial charge on any atom is -0.493 e. The van der Waals surface area contributed by atoms with E-state index in [9.17, 15) is 9.59 Å². The highest BCUT2D eigenvalue weighted by Crippen LogP contribution is 2.19. The van der Waals surface area contributed by atoms with Crippen molar-refractivity contribution in [3.8, 4) is 5.75 Å². The number of rotatable bonds is 9. The largest absolute Gasteiger partial charge is 0.493 e. The topological polar surface area (TPSA) is 79.5 Å². The molecule has 1 aliphatic rings. The van der Waals surface area contributed by atoms with Crippen molar-refractivity contribution in [2.24, 2.45) is 5.92 Å². The third-order valence-corrected chi connectivity index (χ3v) is 5.26. The van der Waals surface area contributed by atoms with Gasteiger partial charge in [-0.15, -0.1) is 0 Å². The van der Waals surface area contributed by atoms with Gasteiger partial charge in [-0.1, -0.05) is 33.1 Å². The summed E-state index contributed by atoms with van der Waals surface area (Å²) in [7, 11) is 0. The van der Waals surface area contributed by atoms with E-state index in [1.165, 1.54) is 19.3 Å². The molecule has 0 aromatic heterocycles. The monoisotopic (exact) mass is 423 g/mol. The number of carbonyl (C=O) groups excluding carboxylic acids is 2. The smallest absolute Gasteiger partial charge is 0.251 e. The van der Waals surface area contributed by atoms with Crippen LogP contribution in [0.5, 0.6) is 5.75 Å². The van der Waals surface area contributed by atoms with Gasteiger partial charge in [-0.05, 0) is 67.3 Å². The van der Waals surface area contributed by atoms with Gasteiger partial charge in [-0.2, -0.15) is 0 Å². The standard InChI is InChI=1S/C25H33N3O3/c1-18(2)17-31-23-14-12-22(13-15-23)27-24(29)16-26-20-10-8-19(9-11-20)25(30)28-21-6-4-3-5-7-21/h8-15,18,21,26H,3-7,16-17H2,1-2H3,(H,27,29)(H,28,30). The molecule has 3 rings (SSSR count). The van der Waals surface area contributed by atoms with Gasteiger partial charge < -0.3 is 20.7 Å². The second-order valence-electron chi connectivity index (χ2n) is 8.52. The summed E-state index contributed by atoms with van der Waals surface area (Å²) < 4.78 is 5.65. The molecule has 2 aromatic rings. The molecule has 6 heteroatoms. The minimum atomic E-state index is -0.144. The van der Waals surface area contributed by atoms with E-state index in [4.69, 9.17) is 4.74 Å². The molecule has 6 nitrogen and oxygen atoms in total. The first-order chi connectivity index (χ1) is 15.0. The Balaban J connectivity index is 1.42. The van der Waals surface area contributed by atoms with Crippen LogP contribution < -0.4 is 20.7 Å². The van der Waals surface area contributed by atoms with E-state index >= 15 is 0 Å². The molecule has 1 aliphatic carbocycles. The predicted molar refractivity (Wildman–Crippen MR) is 125 cm³/mol. The van der Waals surface area contributed by atoms with Crippen LogP contribution in [0.3, 0.4) is 0 Å². The van der Waals surface area contributed by atoms with Gasteiger partial charge >= 0.3 is 0 Å². The molecule has 0 atom stereocenters. The van der Waals surface area contributed by atoms with E-state index in [-0.39, 0.29) is 18.4 Å². The zero-order chi connectivity index (χ0) is 22.1. The maximum Gasteiger partial charge on any atom is 0.251 e. The Kier molecular flexibility index (Phi) is 8.33. The summed E-state index contributed by atoms with van der Waals surface area (Å²) in [5.74, 6) is 1.08. The van der Waals surface area contributed by atoms with Crippen molar-refractivity contribution in [3.05, 3.63) is 54.1 Å². The van der Waals surface area contributed by atoms with Gasteiger partial charge in [0.1, 0.15) is 5.75 Å². The lowest BCUT2D eigenvalue weighted by molar-refractivity contribution is -0.114. The van der Waals surface area contributed by atoms with Crippen LogP contribution in [-0.4, -0.2) is 31.0 Å². The highest BCUT2D eigenvalue weighted by Gasteiger charge is 2.16. The Labute approximate surface area is 184 Å². The van der Waals surface area contributed by atoms with Crippen molar-refractivity contribution < 1.29 is 14.3 Å². The number of carbonyl (C=O) groups is 2. The summed E-state index contributed by atoms with van der Waals surface area (Å²) in [6.07, 6.45) is 5.76. The number of amides is 2. The summed E-state index contributed by atoms with van der Waals surface area (Å²) >= 11 is 0. The fraction of sp³-hybridized carbons (Fsp3) is 0.440. The third kappa shape index (κ3) is 7.63. The average molecular weight is 424 g/mol. The lowest BCUT2D eigenvalue weighted by Gasteiger charge is -2.22. The minimum absolute atomic E-state index is 0.0305. The van der Waals surface area contributed by atoms with Crippen molar-refractivity contribution in [3.63, 3.8) is 0 Å². The number of hydrogen-bond acceptors (Lipinski definition) is 4. The Morgan fingerprint density at radius 2 is 1.58 bits per heavy atom. The predicted octanol–water partition coefficient (Wildman–Crippen LogP) is 4.83. The summed E-state index contributed by atoms with van der Waals surface area (Å²) in [6, 6.07) is 14.9. The molecule has 0 spiro atoms. The quantitative estimate of drug-likeness (QED) is 0.539. The molecule has 0 radical (unpaired) electrons. The first kappa shape index (κ1) is 22.7. The molecule has 1 saturated carbocycles. The van der Waals surface area contributed by atoms with Gasteiger partial charge in [0.15, 0.2) is 0 Å². The summed E-state index contributed by atoms with van der Waals surface area (Å²) in [5, 5.41) is 9.06. The van der Waals surface area contributed by atoms with Gasteiger partial charge in [-0.25, -0.2) is 0 Å². The fourth-order valence-corrected chi connectivity index (χ4v) is 3.54. The summed E-state index contributed by atoms with van der Waals surface area (Å²) in [4.78, 5) is 24.6. The molecule has 0 bridgehead atoms. The van der Waals surface area contributed by atoms with Crippen molar-refractivity contribution in [2.75, 3.05) is 23.8 Å². The van der Waals surface area contributed by atoms with Gasteiger partial charge in [0.25, 0.3) is 5.91 Å². The highest BCUT2D eigenvalue weighted by molar-refractivity contribution is 5.95. The lowest BCUT2D eigenvalue weighted by Crippen LogP contribution is -2.36. The number of hydrogen-bond donors (Lipinski definition) is 3. The second-order valence-corrected chi connectivity index (χ2v) is 8.52. The van der Waals surface area contributed by atoms with E-state index in [2.05, 4.69) is 29.8 Å². The van der Waals surface area contributed by atoms with Crippen LogP contribution in [0, 0.1) is 5.92 Å². The van der Waals surface area contributed by atoms with Gasteiger partial charge in [0.2, 0.25) is 5.91 Å². The van der Waals surface area contributed by atoms with Crippen molar-refractivity contribution in [1.82, 2.24) is 5.32 Å². The van der Waals surface area contributed by atoms with Crippen molar-refractivity contribution in [2.45, 2.75) is 52.0 Å². The molecule has 0 saturated heterocycles. The molecular formula is C25H33N3O3. The summed E-state index contributed by atoms with van der Waals surface area (Å²) in [6.45, 7) is 5.00. The van der Waals surface area contributed by atoms with Crippen LogP contribution in [0.25, 0.3) is 0 Å². The molecule has 0 unspecified atom stereocenters. The molecule has 2 amide bonds. The molecule has 166 valence electrons. The van der Waals surface area contributed by atoms with E-state index in [0.717, 1.165) is 30.0 Å². The van der Waals surface area contributed by atoms with Crippen LogP contribution in [0.15, 0.2) is 48.5 Å². The maximum atomic E-state index is 12.4. The first-order valence-corrected chi connectivity index (χ1v) is 11.2. The normalized spacial score (nSPS) is 14.2. The van der Waals surface area contributed by atoms with E-state index in [0.29, 0.717) is 24.1 Å². The van der Waals surface area contributed by atoms with Crippen LogP contribution in [0.2, 0.25) is 0 Å². The molecule has 31 heavy (non-hydrogen) atoms. The number of anilines is 2. The Morgan fingerprint density at radius 3 is 2.23 bits per heavy atom. The zero-order valence-corrected chi connectivity index (χ0v) is 18.4. The van der Waals surface area contributed by atoms with Gasteiger partial charge in [-0.3, -0.25) is 9.59 Å². The average Bonchev–Trinajstić information content (AvgIpc) is 2.78. The van der Waals surface area contributed by atoms with Crippen LogP contribution in [0.1, 0.15) is 56.3 Å². The van der Waals surface area contributed by atoms with E-state index < -0.39 is 0 Å². The molecule has 1 fully saturated rings. The Bertz CT molecular complexity index is 841.